The van der Waals surface area contributed by atoms with Gasteiger partial charge in [0.05, 0.1) is 11.1 Å². The zero-order valence-corrected chi connectivity index (χ0v) is 14.3. The highest BCUT2D eigenvalue weighted by molar-refractivity contribution is 7.14. The standard InChI is InChI=1S/C17H14F3N3OS/c1-3-11-9(2)14(10-6-4-5-7-12(10)21-11)15(24)23-16-22-13(8-25-16)17(18,19)20/h4-8H,3H2,1-2H3,(H,22,23,24). The first-order valence-electron chi connectivity index (χ1n) is 7.53. The van der Waals surface area contributed by atoms with Gasteiger partial charge in [0.15, 0.2) is 10.8 Å². The Hall–Kier alpha value is -2.48. The van der Waals surface area contributed by atoms with Crippen LogP contribution in [-0.2, 0) is 12.6 Å². The Kier molecular flexibility index (Phi) is 4.47. The number of nitrogens with one attached hydrogen (secondary N) is 1. The number of anilines is 1. The molecule has 8 heteroatoms. The fourth-order valence-corrected chi connectivity index (χ4v) is 3.33. The number of carbonyl (C=O) groups is 1. The van der Waals surface area contributed by atoms with Crippen LogP contribution in [0.4, 0.5) is 18.3 Å². The van der Waals surface area contributed by atoms with Gasteiger partial charge in [0.2, 0.25) is 0 Å². The van der Waals surface area contributed by atoms with Crippen LogP contribution in [0.5, 0.6) is 0 Å². The lowest BCUT2D eigenvalue weighted by atomic mass is 9.99. The first-order valence-corrected chi connectivity index (χ1v) is 8.41. The van der Waals surface area contributed by atoms with Crippen molar-refractivity contribution in [1.82, 2.24) is 9.97 Å². The van der Waals surface area contributed by atoms with Gasteiger partial charge in [-0.2, -0.15) is 13.2 Å². The predicted molar refractivity (Wildman–Crippen MR) is 90.9 cm³/mol. The maximum absolute atomic E-state index is 12.7. The van der Waals surface area contributed by atoms with Crippen LogP contribution in [0.1, 0.15) is 34.2 Å². The molecule has 0 unspecified atom stereocenters. The second-order valence-corrected chi connectivity index (χ2v) is 6.28. The summed E-state index contributed by atoms with van der Waals surface area (Å²) >= 11 is 0.742. The monoisotopic (exact) mass is 365 g/mol. The van der Waals surface area contributed by atoms with Gasteiger partial charge in [0.1, 0.15) is 0 Å². The summed E-state index contributed by atoms with van der Waals surface area (Å²) in [5.41, 5.74) is 1.56. The average molecular weight is 365 g/mol. The number of alkyl halides is 3. The number of para-hydroxylation sites is 1. The minimum Gasteiger partial charge on any atom is -0.298 e. The SMILES string of the molecule is CCc1nc2ccccc2c(C(=O)Nc2nc(C(F)(F)F)cs2)c1C. The van der Waals surface area contributed by atoms with E-state index in [1.807, 2.05) is 13.0 Å². The molecule has 3 rings (SSSR count). The van der Waals surface area contributed by atoms with E-state index in [0.29, 0.717) is 28.5 Å². The molecule has 0 aliphatic rings. The van der Waals surface area contributed by atoms with Crippen molar-refractivity contribution in [3.63, 3.8) is 0 Å². The number of thiazole rings is 1. The van der Waals surface area contributed by atoms with E-state index in [4.69, 9.17) is 0 Å². The molecule has 1 aromatic carbocycles. The van der Waals surface area contributed by atoms with E-state index in [-0.39, 0.29) is 5.13 Å². The van der Waals surface area contributed by atoms with Crippen molar-refractivity contribution < 1.29 is 18.0 Å². The Balaban J connectivity index is 2.02. The number of aromatic nitrogens is 2. The van der Waals surface area contributed by atoms with Crippen LogP contribution in [0.3, 0.4) is 0 Å². The van der Waals surface area contributed by atoms with E-state index in [1.54, 1.807) is 25.1 Å². The molecule has 130 valence electrons. The van der Waals surface area contributed by atoms with Crippen LogP contribution in [0.15, 0.2) is 29.6 Å². The van der Waals surface area contributed by atoms with Gasteiger partial charge < -0.3 is 0 Å². The Morgan fingerprint density at radius 2 is 1.96 bits per heavy atom. The Morgan fingerprint density at radius 1 is 1.24 bits per heavy atom. The van der Waals surface area contributed by atoms with Crippen molar-refractivity contribution in [3.8, 4) is 0 Å². The minimum atomic E-state index is -4.53. The third-order valence-electron chi connectivity index (χ3n) is 3.81. The van der Waals surface area contributed by atoms with Gasteiger partial charge in [-0.25, -0.2) is 4.98 Å². The van der Waals surface area contributed by atoms with Crippen molar-refractivity contribution in [2.45, 2.75) is 26.4 Å². The summed E-state index contributed by atoms with van der Waals surface area (Å²) in [5, 5.41) is 3.92. The largest absolute Gasteiger partial charge is 0.434 e. The molecule has 2 aromatic heterocycles. The topological polar surface area (TPSA) is 54.9 Å². The molecule has 2 heterocycles. The minimum absolute atomic E-state index is 0.0873. The van der Waals surface area contributed by atoms with E-state index in [0.717, 1.165) is 22.4 Å². The highest BCUT2D eigenvalue weighted by Crippen LogP contribution is 2.32. The molecule has 0 spiro atoms. The molecule has 0 saturated carbocycles. The Bertz CT molecular complexity index is 950. The number of halogens is 3. The molecule has 0 saturated heterocycles. The molecule has 0 atom stereocenters. The van der Waals surface area contributed by atoms with Crippen molar-refractivity contribution in [3.05, 3.63) is 52.2 Å². The number of carbonyl (C=O) groups excluding carboxylic acids is 1. The van der Waals surface area contributed by atoms with E-state index < -0.39 is 17.8 Å². The maximum Gasteiger partial charge on any atom is 0.434 e. The average Bonchev–Trinajstić information content (AvgIpc) is 3.02. The van der Waals surface area contributed by atoms with Crippen LogP contribution >= 0.6 is 11.3 Å². The van der Waals surface area contributed by atoms with E-state index in [1.165, 1.54) is 0 Å². The zero-order chi connectivity index (χ0) is 18.2. The maximum atomic E-state index is 12.7. The summed E-state index contributed by atoms with van der Waals surface area (Å²) in [4.78, 5) is 20.7. The summed E-state index contributed by atoms with van der Waals surface area (Å²) in [6, 6.07) is 7.18. The zero-order valence-electron chi connectivity index (χ0n) is 13.4. The van der Waals surface area contributed by atoms with Crippen LogP contribution in [0.2, 0.25) is 0 Å². The smallest absolute Gasteiger partial charge is 0.298 e. The molecule has 3 aromatic rings. The summed E-state index contributed by atoms with van der Waals surface area (Å²) < 4.78 is 38.0. The quantitative estimate of drug-likeness (QED) is 0.723. The second kappa shape index (κ2) is 6.44. The fraction of sp³-hybridized carbons (Fsp3) is 0.235. The van der Waals surface area contributed by atoms with Crippen molar-refractivity contribution in [2.75, 3.05) is 5.32 Å². The summed E-state index contributed by atoms with van der Waals surface area (Å²) in [5.74, 6) is -0.492. The lowest BCUT2D eigenvalue weighted by Crippen LogP contribution is -2.16. The molecule has 0 aliphatic heterocycles. The Labute approximate surface area is 145 Å². The Morgan fingerprint density at radius 3 is 2.60 bits per heavy atom. The number of nitrogens with zero attached hydrogens (tertiary/aromatic N) is 2. The van der Waals surface area contributed by atoms with Crippen LogP contribution in [0.25, 0.3) is 10.9 Å². The van der Waals surface area contributed by atoms with E-state index >= 15 is 0 Å². The first kappa shape index (κ1) is 17.3. The predicted octanol–water partition coefficient (Wildman–Crippen LogP) is 4.83. The van der Waals surface area contributed by atoms with Gasteiger partial charge in [-0.15, -0.1) is 11.3 Å². The molecule has 0 bridgehead atoms. The fourth-order valence-electron chi connectivity index (χ4n) is 2.62. The van der Waals surface area contributed by atoms with Crippen molar-refractivity contribution in [1.29, 1.82) is 0 Å². The summed E-state index contributed by atoms with van der Waals surface area (Å²) in [6.45, 7) is 3.72. The number of fused-ring (bicyclic) bond motifs is 1. The van der Waals surface area contributed by atoms with Crippen molar-refractivity contribution in [2.24, 2.45) is 0 Å². The normalized spacial score (nSPS) is 11.7. The number of benzene rings is 1. The number of rotatable bonds is 3. The molecular formula is C17H14F3N3OS. The van der Waals surface area contributed by atoms with Gasteiger partial charge in [-0.1, -0.05) is 25.1 Å². The van der Waals surface area contributed by atoms with Gasteiger partial charge in [0, 0.05) is 16.5 Å². The van der Waals surface area contributed by atoms with E-state index in [9.17, 15) is 18.0 Å². The molecule has 25 heavy (non-hydrogen) atoms. The number of hydrogen-bond acceptors (Lipinski definition) is 4. The molecule has 4 nitrogen and oxygen atoms in total. The highest BCUT2D eigenvalue weighted by Gasteiger charge is 2.34. The van der Waals surface area contributed by atoms with E-state index in [2.05, 4.69) is 15.3 Å². The third kappa shape index (κ3) is 3.34. The molecule has 0 radical (unpaired) electrons. The number of pyridine rings is 1. The molecule has 1 amide bonds. The van der Waals surface area contributed by atoms with Gasteiger partial charge in [0.25, 0.3) is 5.91 Å². The highest BCUT2D eigenvalue weighted by atomic mass is 32.1. The van der Waals surface area contributed by atoms with Crippen LogP contribution in [0, 0.1) is 6.92 Å². The summed E-state index contributed by atoms with van der Waals surface area (Å²) in [7, 11) is 0. The molecular weight excluding hydrogens is 351 g/mol. The van der Waals surface area contributed by atoms with Crippen molar-refractivity contribution >= 4 is 33.3 Å². The van der Waals surface area contributed by atoms with Gasteiger partial charge in [-0.3, -0.25) is 15.1 Å². The number of amides is 1. The molecule has 0 fully saturated rings. The lowest BCUT2D eigenvalue weighted by Gasteiger charge is -2.13. The molecule has 1 N–H and O–H groups in total. The van der Waals surface area contributed by atoms with Gasteiger partial charge >= 0.3 is 6.18 Å². The first-order chi connectivity index (χ1) is 11.8. The van der Waals surface area contributed by atoms with Gasteiger partial charge in [-0.05, 0) is 25.0 Å². The molecule has 0 aliphatic carbocycles. The van der Waals surface area contributed by atoms with Crippen LogP contribution < -0.4 is 5.32 Å². The third-order valence-corrected chi connectivity index (χ3v) is 4.57. The lowest BCUT2D eigenvalue weighted by molar-refractivity contribution is -0.140. The number of hydrogen-bond donors (Lipinski definition) is 1. The second-order valence-electron chi connectivity index (χ2n) is 5.42. The summed E-state index contributed by atoms with van der Waals surface area (Å²) in [6.07, 6.45) is -3.89. The number of aryl methyl sites for hydroxylation is 1. The van der Waals surface area contributed by atoms with Crippen LogP contribution in [-0.4, -0.2) is 15.9 Å².